The third-order valence-corrected chi connectivity index (χ3v) is 13.2. The Bertz CT molecular complexity index is 1230. The average Bonchev–Trinajstić information content (AvgIpc) is 3.31. The van der Waals surface area contributed by atoms with Gasteiger partial charge in [0.15, 0.2) is 31.5 Å². The summed E-state index contributed by atoms with van der Waals surface area (Å²) in [5.41, 5.74) is 0. The van der Waals surface area contributed by atoms with Gasteiger partial charge in [-0.3, -0.25) is 0 Å². The quantitative estimate of drug-likeness (QED) is 0.117. The monoisotopic (exact) mass is 970 g/mol. The average molecular weight is 971 g/mol. The molecule has 22 heterocycles. The van der Waals surface area contributed by atoms with Crippen molar-refractivity contribution in [1.82, 2.24) is 0 Å². The zero-order chi connectivity index (χ0) is 48.0. The summed E-state index contributed by atoms with van der Waals surface area (Å²) < 4.78 is 62.8. The Morgan fingerprint density at radius 3 is 0.742 bits per heavy atom. The summed E-state index contributed by atoms with van der Waals surface area (Å²) in [6, 6.07) is 0. The minimum Gasteiger partial charge on any atom is -0.394 e. The SMILES string of the molecule is OC[C@H]1O[C@@H]2O[C@H]3[C@H](O)[C@@H](O)[C@@H](O[C@H]4[C@H](O)[C@@H](O)[C@@H](O[C@H]5[C@H](O)[C@@H](O)[C@@H](O[C@H]6[C@H](O)[C@@H](O)[C@@H](O[C@H]7[C@H](O)[C@@H](O)[C@@H](C[C@H]1[C@H](O)[C@H]2O)O[C@@H]7CO)O[C@@H]6CO)O[C@@H]5CO)O[C@@H]4CO)O[C@@H]3CO. The molecule has 29 heteroatoms. The van der Waals surface area contributed by atoms with Crippen LogP contribution in [0.4, 0.5) is 0 Å². The lowest BCUT2D eigenvalue weighted by Crippen LogP contribution is -2.68. The summed E-state index contributed by atoms with van der Waals surface area (Å²) in [5.74, 6) is -1.32. The zero-order valence-electron chi connectivity index (χ0n) is 34.8. The molecule has 29 nitrogen and oxygen atoms in total. The molecule has 0 aliphatic carbocycles. The summed E-state index contributed by atoms with van der Waals surface area (Å²) in [6.07, 6.45) is -55.0. The lowest BCUT2D eigenvalue weighted by Gasteiger charge is -2.50. The molecule has 0 saturated carbocycles. The molecule has 0 unspecified atom stereocenters. The molecule has 22 aliphatic rings. The van der Waals surface area contributed by atoms with Crippen LogP contribution < -0.4 is 0 Å². The smallest absolute Gasteiger partial charge is 0.187 e. The lowest BCUT2D eigenvalue weighted by atomic mass is 9.81. The van der Waals surface area contributed by atoms with Crippen LogP contribution in [-0.2, 0) is 52.1 Å². The minimum atomic E-state index is -2.14. The van der Waals surface area contributed by atoms with Crippen LogP contribution in [0.2, 0.25) is 0 Å². The summed E-state index contributed by atoms with van der Waals surface area (Å²) in [6.45, 7) is -5.72. The Morgan fingerprint density at radius 1 is 0.242 bits per heavy atom. The molecule has 384 valence electrons. The lowest BCUT2D eigenvalue weighted by molar-refractivity contribution is -0.396. The predicted molar refractivity (Wildman–Crippen MR) is 199 cm³/mol. The van der Waals surface area contributed by atoms with Gasteiger partial charge in [-0.25, -0.2) is 0 Å². The molecule has 12 bridgehead atoms. The van der Waals surface area contributed by atoms with E-state index in [9.17, 15) is 91.9 Å². The van der Waals surface area contributed by atoms with Crippen molar-refractivity contribution in [3.05, 3.63) is 0 Å². The number of rotatable bonds is 6. The maximum Gasteiger partial charge on any atom is 0.187 e. The first-order valence-corrected chi connectivity index (χ1v) is 21.4. The Morgan fingerprint density at radius 2 is 0.470 bits per heavy atom. The van der Waals surface area contributed by atoms with E-state index in [0.717, 1.165) is 0 Å². The second-order valence-corrected chi connectivity index (χ2v) is 17.3. The van der Waals surface area contributed by atoms with Gasteiger partial charge in [0.2, 0.25) is 0 Å². The molecule has 0 radical (unpaired) electrons. The van der Waals surface area contributed by atoms with Crippen LogP contribution in [0.25, 0.3) is 0 Å². The first-order valence-electron chi connectivity index (χ1n) is 21.4. The zero-order valence-corrected chi connectivity index (χ0v) is 34.8. The maximum absolute atomic E-state index is 11.3. The molecule has 0 spiro atoms. The van der Waals surface area contributed by atoms with Crippen molar-refractivity contribution < 1.29 is 144 Å². The van der Waals surface area contributed by atoms with Gasteiger partial charge in [-0.15, -0.1) is 0 Å². The van der Waals surface area contributed by atoms with Crippen molar-refractivity contribution in [2.75, 3.05) is 39.6 Å². The van der Waals surface area contributed by atoms with Gasteiger partial charge < -0.3 is 144 Å². The van der Waals surface area contributed by atoms with Gasteiger partial charge in [-0.2, -0.15) is 0 Å². The molecular formula is C37H62O29. The number of aliphatic hydroxyl groups excluding tert-OH is 18. The van der Waals surface area contributed by atoms with Gasteiger partial charge in [-0.1, -0.05) is 0 Å². The van der Waals surface area contributed by atoms with Gasteiger partial charge in [0.05, 0.1) is 58.0 Å². The Balaban J connectivity index is 1.19. The van der Waals surface area contributed by atoms with E-state index in [0.29, 0.717) is 0 Å². The van der Waals surface area contributed by atoms with Crippen molar-refractivity contribution in [3.63, 3.8) is 0 Å². The molecule has 66 heavy (non-hydrogen) atoms. The molecule has 22 rings (SSSR count). The fourth-order valence-corrected chi connectivity index (χ4v) is 9.47. The van der Waals surface area contributed by atoms with Crippen LogP contribution in [0.3, 0.4) is 0 Å². The van der Waals surface area contributed by atoms with E-state index in [-0.39, 0.29) is 0 Å². The molecular weight excluding hydrogens is 908 g/mol. The Labute approximate surface area is 373 Å². The highest BCUT2D eigenvalue weighted by Crippen LogP contribution is 2.39. The number of hydrogen-bond acceptors (Lipinski definition) is 29. The standard InChI is InChI=1S/C37H62O29/c38-2-10-8-1-9-17(45)18(46)28(11(3-39)56-9)62-34-24(52)20(48)30(13(5-41)58-34)64-36-26(54)22(50)32(15(7-43)60-36)66-37-27(55)21(49)31(14(6-42)61-37)65-35-25(53)19(47)29(12(4-40)59-35)63-33(57-10)23(51)16(8)44/h8-55H,1-7H2/t8-,9-,10-,11-,12-,13-,14-,15-,16+,17+,18-,19-,20-,21-,22-,23-,24-,25-,26-,27-,28-,29-,30-,31-,32-,33-,34-,35-,36-,37-/m1/s1. The van der Waals surface area contributed by atoms with Crippen molar-refractivity contribution in [2.24, 2.45) is 5.92 Å². The van der Waals surface area contributed by atoms with E-state index in [1.807, 2.05) is 0 Å². The van der Waals surface area contributed by atoms with E-state index < -0.39 is 230 Å². The summed E-state index contributed by atoms with van der Waals surface area (Å²) >= 11 is 0. The van der Waals surface area contributed by atoms with Crippen LogP contribution in [0.1, 0.15) is 6.42 Å². The molecule has 22 saturated heterocycles. The fourth-order valence-electron chi connectivity index (χ4n) is 9.47. The maximum atomic E-state index is 11.3. The van der Waals surface area contributed by atoms with Crippen molar-refractivity contribution in [2.45, 2.75) is 184 Å². The van der Waals surface area contributed by atoms with E-state index >= 15 is 0 Å². The highest BCUT2D eigenvalue weighted by atomic mass is 16.8. The third-order valence-electron chi connectivity index (χ3n) is 13.2. The molecule has 22 fully saturated rings. The summed E-state index contributed by atoms with van der Waals surface area (Å²) in [7, 11) is 0. The van der Waals surface area contributed by atoms with Crippen LogP contribution in [0, 0.1) is 5.92 Å². The van der Waals surface area contributed by atoms with Gasteiger partial charge in [0.1, 0.15) is 128 Å². The van der Waals surface area contributed by atoms with Gasteiger partial charge in [0.25, 0.3) is 0 Å². The molecule has 0 aromatic rings. The molecule has 0 aromatic heterocycles. The van der Waals surface area contributed by atoms with E-state index in [1.54, 1.807) is 0 Å². The van der Waals surface area contributed by atoms with Crippen LogP contribution >= 0.6 is 0 Å². The van der Waals surface area contributed by atoms with Crippen molar-refractivity contribution in [1.29, 1.82) is 0 Å². The van der Waals surface area contributed by atoms with Gasteiger partial charge >= 0.3 is 0 Å². The molecule has 30 atom stereocenters. The fraction of sp³-hybridized carbons (Fsp3) is 1.00. The molecule has 22 aliphatic heterocycles. The Kier molecular flexibility index (Phi) is 17.6. The first-order chi connectivity index (χ1) is 31.4. The van der Waals surface area contributed by atoms with Crippen molar-refractivity contribution in [3.8, 4) is 0 Å². The van der Waals surface area contributed by atoms with E-state index in [4.69, 9.17) is 52.1 Å². The normalized spacial score (nSPS) is 55.4. The van der Waals surface area contributed by atoms with Crippen LogP contribution in [0.5, 0.6) is 0 Å². The third kappa shape index (κ3) is 10.0. The molecule has 18 N–H and O–H groups in total. The summed E-state index contributed by atoms with van der Waals surface area (Å²) in [4.78, 5) is 0. The number of aliphatic hydroxyl groups is 18. The first kappa shape index (κ1) is 52.7. The largest absolute Gasteiger partial charge is 0.394 e. The second kappa shape index (κ2) is 22.1. The predicted octanol–water partition coefficient (Wildman–Crippen LogP) is -12.4. The van der Waals surface area contributed by atoms with Crippen LogP contribution in [-0.4, -0.2) is 310 Å². The second-order valence-electron chi connectivity index (χ2n) is 17.3. The number of ether oxygens (including phenoxy) is 11. The highest BCUT2D eigenvalue weighted by molar-refractivity contribution is 5.02. The topological polar surface area (TPSA) is 466 Å². The minimum absolute atomic E-state index is 0.495. The number of hydrogen-bond donors (Lipinski definition) is 18. The van der Waals surface area contributed by atoms with E-state index in [1.165, 1.54) is 0 Å². The Hall–Kier alpha value is -1.16. The molecule has 0 aromatic carbocycles. The highest BCUT2D eigenvalue weighted by Gasteiger charge is 2.58. The van der Waals surface area contributed by atoms with Gasteiger partial charge in [0, 0.05) is 5.92 Å². The van der Waals surface area contributed by atoms with Crippen molar-refractivity contribution >= 4 is 0 Å². The molecule has 0 amide bonds. The van der Waals surface area contributed by atoms with E-state index in [2.05, 4.69) is 0 Å². The van der Waals surface area contributed by atoms with Gasteiger partial charge in [-0.05, 0) is 6.42 Å². The summed E-state index contributed by atoms with van der Waals surface area (Å²) in [5, 5.41) is 196. The van der Waals surface area contributed by atoms with Crippen LogP contribution in [0.15, 0.2) is 0 Å².